The molecule has 5 rings (SSSR count). The molecule has 1 amide bonds. The zero-order valence-corrected chi connectivity index (χ0v) is 20.7. The van der Waals surface area contributed by atoms with Gasteiger partial charge in [-0.15, -0.1) is 0 Å². The molecule has 2 aliphatic heterocycles. The molecule has 0 saturated carbocycles. The highest BCUT2D eigenvalue weighted by Crippen LogP contribution is 2.51. The van der Waals surface area contributed by atoms with Crippen molar-refractivity contribution in [2.75, 3.05) is 11.9 Å². The third-order valence-electron chi connectivity index (χ3n) is 5.84. The molecule has 1 fully saturated rings. The van der Waals surface area contributed by atoms with Crippen molar-refractivity contribution < 1.29 is 4.79 Å². The zero-order chi connectivity index (χ0) is 23.8. The Balaban J connectivity index is 1.60. The molecule has 1 saturated heterocycles. The summed E-state index contributed by atoms with van der Waals surface area (Å²) in [5, 5.41) is 10.9. The first-order valence-corrected chi connectivity index (χ1v) is 12.5. The molecular weight excluding hydrogens is 460 g/mol. The fourth-order valence-electron chi connectivity index (χ4n) is 4.04. The maximum atomic E-state index is 13.8. The fraction of sp³-hybridized carbons (Fsp3) is 0.148. The minimum absolute atomic E-state index is 0.0542. The summed E-state index contributed by atoms with van der Waals surface area (Å²) in [6.45, 7) is 4.48. The van der Waals surface area contributed by atoms with E-state index in [-0.39, 0.29) is 5.91 Å². The normalized spacial score (nSPS) is 18.5. The smallest absolute Gasteiger partial charge is 0.269 e. The van der Waals surface area contributed by atoms with Crippen molar-refractivity contribution in [1.82, 2.24) is 4.90 Å². The number of amidine groups is 1. The molecule has 0 N–H and O–H groups in total. The van der Waals surface area contributed by atoms with Crippen molar-refractivity contribution >= 4 is 46.0 Å². The van der Waals surface area contributed by atoms with Crippen LogP contribution in [0.15, 0.2) is 86.6 Å². The van der Waals surface area contributed by atoms with Crippen LogP contribution in [0.5, 0.6) is 0 Å². The Kier molecular flexibility index (Phi) is 5.94. The first-order valence-electron chi connectivity index (χ1n) is 10.8. The van der Waals surface area contributed by atoms with E-state index in [1.54, 1.807) is 28.8 Å². The third kappa shape index (κ3) is 4.00. The number of aryl methyl sites for hydroxylation is 2. The average Bonchev–Trinajstić information content (AvgIpc) is 3.33. The number of benzene rings is 3. The number of para-hydroxylation sites is 1. The number of thioether (sulfide) groups is 2. The summed E-state index contributed by atoms with van der Waals surface area (Å²) in [5.41, 5.74) is 5.55. The van der Waals surface area contributed by atoms with Crippen LogP contribution in [0.4, 0.5) is 11.4 Å². The first-order chi connectivity index (χ1) is 16.5. The van der Waals surface area contributed by atoms with Crippen molar-refractivity contribution in [3.63, 3.8) is 0 Å². The summed E-state index contributed by atoms with van der Waals surface area (Å²) in [5.74, 6) is -0.0542. The van der Waals surface area contributed by atoms with E-state index in [1.165, 1.54) is 17.3 Å². The van der Waals surface area contributed by atoms with Gasteiger partial charge in [0.15, 0.2) is 5.17 Å². The number of aliphatic imine (C=N–C) groups is 1. The molecule has 2 aliphatic rings. The molecule has 168 valence electrons. The number of fused-ring (bicyclic) bond motifs is 1. The lowest BCUT2D eigenvalue weighted by Crippen LogP contribution is -2.29. The number of amides is 1. The van der Waals surface area contributed by atoms with Crippen LogP contribution in [-0.4, -0.2) is 23.0 Å². The molecule has 2 heterocycles. The van der Waals surface area contributed by atoms with Gasteiger partial charge in [-0.25, -0.2) is 4.99 Å². The molecule has 0 bridgehead atoms. The second kappa shape index (κ2) is 9.05. The summed E-state index contributed by atoms with van der Waals surface area (Å²) in [6, 6.07) is 23.8. The van der Waals surface area contributed by atoms with Crippen molar-refractivity contribution in [3.05, 3.63) is 98.9 Å². The molecule has 3 aromatic rings. The van der Waals surface area contributed by atoms with Crippen LogP contribution in [-0.2, 0) is 11.3 Å². The highest BCUT2D eigenvalue weighted by atomic mass is 32.2. The van der Waals surface area contributed by atoms with E-state index in [1.807, 2.05) is 56.4 Å². The Morgan fingerprint density at radius 2 is 1.76 bits per heavy atom. The molecule has 0 radical (unpaired) electrons. The van der Waals surface area contributed by atoms with Crippen LogP contribution in [0.2, 0.25) is 0 Å². The lowest BCUT2D eigenvalue weighted by Gasteiger charge is -2.17. The van der Waals surface area contributed by atoms with Gasteiger partial charge in [-0.1, -0.05) is 60.3 Å². The molecule has 7 heteroatoms. The van der Waals surface area contributed by atoms with Gasteiger partial charge in [-0.3, -0.25) is 9.69 Å². The van der Waals surface area contributed by atoms with E-state index in [0.29, 0.717) is 27.9 Å². The fourth-order valence-corrected chi connectivity index (χ4v) is 6.46. The number of nitrogens with zero attached hydrogens (tertiary/aromatic N) is 4. The minimum atomic E-state index is -0.0542. The summed E-state index contributed by atoms with van der Waals surface area (Å²) in [6.07, 6.45) is 0. The van der Waals surface area contributed by atoms with E-state index in [9.17, 15) is 10.1 Å². The summed E-state index contributed by atoms with van der Waals surface area (Å²) < 4.78 is 0. The Labute approximate surface area is 207 Å². The van der Waals surface area contributed by atoms with Crippen LogP contribution in [0.3, 0.4) is 0 Å². The second-order valence-corrected chi connectivity index (χ2v) is 10.2. The topological polar surface area (TPSA) is 59.7 Å². The largest absolute Gasteiger partial charge is 0.337 e. The van der Waals surface area contributed by atoms with Crippen molar-refractivity contribution in [2.24, 2.45) is 4.99 Å². The Morgan fingerprint density at radius 1 is 0.971 bits per heavy atom. The molecule has 0 unspecified atom stereocenters. The van der Waals surface area contributed by atoms with Crippen LogP contribution in [0.25, 0.3) is 0 Å². The van der Waals surface area contributed by atoms with Crippen LogP contribution >= 0.6 is 23.5 Å². The molecule has 0 atom stereocenters. The highest BCUT2D eigenvalue weighted by Gasteiger charge is 2.39. The van der Waals surface area contributed by atoms with E-state index < -0.39 is 0 Å². The number of rotatable bonds is 3. The Morgan fingerprint density at radius 3 is 2.50 bits per heavy atom. The van der Waals surface area contributed by atoms with Crippen LogP contribution in [0, 0.1) is 25.2 Å². The molecule has 0 spiro atoms. The Bertz CT molecular complexity index is 1410. The van der Waals surface area contributed by atoms with Gasteiger partial charge < -0.3 is 4.90 Å². The molecular formula is C27H22N4OS2. The van der Waals surface area contributed by atoms with E-state index in [2.05, 4.69) is 30.0 Å². The molecule has 34 heavy (non-hydrogen) atoms. The van der Waals surface area contributed by atoms with E-state index in [4.69, 9.17) is 4.99 Å². The average molecular weight is 483 g/mol. The van der Waals surface area contributed by atoms with E-state index >= 15 is 0 Å². The van der Waals surface area contributed by atoms with Gasteiger partial charge in [0.25, 0.3) is 5.91 Å². The minimum Gasteiger partial charge on any atom is -0.337 e. The molecule has 0 aliphatic carbocycles. The number of hydrogen-bond donors (Lipinski definition) is 0. The molecule has 0 aromatic heterocycles. The lowest BCUT2D eigenvalue weighted by atomic mass is 10.1. The van der Waals surface area contributed by atoms with Gasteiger partial charge in [-0.2, -0.15) is 5.26 Å². The lowest BCUT2D eigenvalue weighted by molar-refractivity contribution is -0.122. The summed E-state index contributed by atoms with van der Waals surface area (Å²) in [4.78, 5) is 24.3. The monoisotopic (exact) mass is 482 g/mol. The van der Waals surface area contributed by atoms with Crippen LogP contribution < -0.4 is 4.90 Å². The number of anilines is 1. The second-order valence-electron chi connectivity index (χ2n) is 8.20. The highest BCUT2D eigenvalue weighted by molar-refractivity contribution is 8.19. The third-order valence-corrected chi connectivity index (χ3v) is 8.26. The van der Waals surface area contributed by atoms with Gasteiger partial charge in [0, 0.05) is 11.9 Å². The number of carbonyl (C=O) groups is 1. The predicted octanol–water partition coefficient (Wildman–Crippen LogP) is 6.35. The van der Waals surface area contributed by atoms with Gasteiger partial charge in [-0.05, 0) is 60.5 Å². The quantitative estimate of drug-likeness (QED) is 0.407. The van der Waals surface area contributed by atoms with E-state index in [0.717, 1.165) is 26.7 Å². The van der Waals surface area contributed by atoms with Gasteiger partial charge >= 0.3 is 0 Å². The van der Waals surface area contributed by atoms with Crippen molar-refractivity contribution in [1.29, 1.82) is 5.26 Å². The number of nitriles is 1. The predicted molar refractivity (Wildman–Crippen MR) is 140 cm³/mol. The maximum absolute atomic E-state index is 13.8. The maximum Gasteiger partial charge on any atom is 0.269 e. The van der Waals surface area contributed by atoms with Gasteiger partial charge in [0.05, 0.1) is 34.6 Å². The summed E-state index contributed by atoms with van der Waals surface area (Å²) >= 11 is 3.03. The van der Waals surface area contributed by atoms with Crippen molar-refractivity contribution in [2.45, 2.75) is 25.3 Å². The zero-order valence-electron chi connectivity index (χ0n) is 19.1. The summed E-state index contributed by atoms with van der Waals surface area (Å²) in [7, 11) is 2.01. The van der Waals surface area contributed by atoms with Crippen molar-refractivity contribution in [3.8, 4) is 6.07 Å². The number of carbonyl (C=O) groups excluding carboxylic acids is 1. The first kappa shape index (κ1) is 22.3. The number of hydrogen-bond acceptors (Lipinski definition) is 6. The molecule has 3 aromatic carbocycles. The SMILES string of the molecule is Cc1ccc(C#N)cc1N=C1SC(=C2Sc3cccc(C)c3N2C)C(=O)N1Cc1ccccc1. The standard InChI is InChI=1S/C27H22N4OS2/c1-17-12-13-20(15-28)14-21(17)29-27-31(16-19-9-5-4-6-10-19)25(32)24(34-27)26-30(3)23-18(2)8-7-11-22(23)33-26/h4-14H,16H2,1-3H3. The van der Waals surface area contributed by atoms with Gasteiger partial charge in [0.2, 0.25) is 0 Å². The molecule has 5 nitrogen and oxygen atoms in total. The van der Waals surface area contributed by atoms with Crippen LogP contribution in [0.1, 0.15) is 22.3 Å². The van der Waals surface area contributed by atoms with Gasteiger partial charge in [0.1, 0.15) is 4.91 Å². The Hall–Kier alpha value is -3.47.